The summed E-state index contributed by atoms with van der Waals surface area (Å²) in [5, 5.41) is 7.24. The van der Waals surface area contributed by atoms with Crippen molar-refractivity contribution in [3.05, 3.63) is 0 Å². The number of rotatable bonds is 3. The highest BCUT2D eigenvalue weighted by Gasteiger charge is 2.30. The molecule has 0 bridgehead atoms. The molecule has 0 aromatic carbocycles. The van der Waals surface area contributed by atoms with Gasteiger partial charge in [0.25, 0.3) is 0 Å². The molecule has 0 radical (unpaired) electrons. The Morgan fingerprint density at radius 3 is 3.00 bits per heavy atom. The van der Waals surface area contributed by atoms with Crippen LogP contribution in [0.25, 0.3) is 0 Å². The topological polar surface area (TPSA) is 33.3 Å². The van der Waals surface area contributed by atoms with Gasteiger partial charge in [-0.25, -0.2) is 0 Å². The van der Waals surface area contributed by atoms with Gasteiger partial charge in [-0.3, -0.25) is 0 Å². The van der Waals surface area contributed by atoms with Crippen LogP contribution in [0.15, 0.2) is 0 Å². The van der Waals surface area contributed by atoms with E-state index in [2.05, 4.69) is 24.5 Å². The van der Waals surface area contributed by atoms with Gasteiger partial charge in [0.1, 0.15) is 0 Å². The minimum absolute atomic E-state index is 0.211. The Morgan fingerprint density at radius 2 is 2.40 bits per heavy atom. The van der Waals surface area contributed by atoms with E-state index in [0.29, 0.717) is 6.04 Å². The fourth-order valence-corrected chi connectivity index (χ4v) is 2.60. The molecule has 3 nitrogen and oxygen atoms in total. The van der Waals surface area contributed by atoms with Crippen LogP contribution in [0, 0.1) is 5.92 Å². The number of hydrogen-bond donors (Lipinski definition) is 2. The van der Waals surface area contributed by atoms with Gasteiger partial charge in [0, 0.05) is 24.7 Å². The van der Waals surface area contributed by atoms with Crippen LogP contribution in [-0.4, -0.2) is 37.9 Å². The lowest BCUT2D eigenvalue weighted by Crippen LogP contribution is -2.53. The molecule has 0 aromatic heterocycles. The second kappa shape index (κ2) is 4.81. The molecule has 15 heavy (non-hydrogen) atoms. The van der Waals surface area contributed by atoms with Gasteiger partial charge in [-0.15, -0.1) is 0 Å². The molecule has 2 rings (SSSR count). The highest BCUT2D eigenvalue weighted by Crippen LogP contribution is 2.20. The van der Waals surface area contributed by atoms with Gasteiger partial charge in [-0.1, -0.05) is 6.92 Å². The van der Waals surface area contributed by atoms with Gasteiger partial charge in [0.05, 0.1) is 6.61 Å². The first-order valence-corrected chi connectivity index (χ1v) is 6.26. The molecule has 3 atom stereocenters. The van der Waals surface area contributed by atoms with Crippen molar-refractivity contribution in [1.82, 2.24) is 10.6 Å². The maximum Gasteiger partial charge on any atom is 0.0645 e. The van der Waals surface area contributed by atoms with Crippen LogP contribution in [0.2, 0.25) is 0 Å². The Bertz CT molecular complexity index is 202. The molecule has 0 aliphatic carbocycles. The summed E-state index contributed by atoms with van der Waals surface area (Å²) in [6.45, 7) is 8.70. The fourth-order valence-electron chi connectivity index (χ4n) is 2.60. The molecule has 2 fully saturated rings. The van der Waals surface area contributed by atoms with Crippen molar-refractivity contribution >= 4 is 0 Å². The summed E-state index contributed by atoms with van der Waals surface area (Å²) in [6.07, 6.45) is 3.75. The zero-order valence-corrected chi connectivity index (χ0v) is 10.0. The molecule has 88 valence electrons. The Kier molecular flexibility index (Phi) is 3.65. The zero-order chi connectivity index (χ0) is 10.7. The lowest BCUT2D eigenvalue weighted by Gasteiger charge is -2.36. The predicted octanol–water partition coefficient (Wildman–Crippen LogP) is 1.14. The van der Waals surface area contributed by atoms with Crippen LogP contribution in [0.4, 0.5) is 0 Å². The Labute approximate surface area is 93.0 Å². The lowest BCUT2D eigenvalue weighted by molar-refractivity contribution is 0.0274. The molecule has 2 saturated heterocycles. The van der Waals surface area contributed by atoms with Crippen molar-refractivity contribution in [3.63, 3.8) is 0 Å². The molecular weight excluding hydrogens is 188 g/mol. The molecular formula is C12H24N2O. The normalized spacial score (nSPS) is 42.0. The number of nitrogens with one attached hydrogen (secondary N) is 2. The van der Waals surface area contributed by atoms with E-state index in [1.54, 1.807) is 0 Å². The third-order valence-corrected chi connectivity index (χ3v) is 3.88. The van der Waals surface area contributed by atoms with Crippen LogP contribution in [0.5, 0.6) is 0 Å². The first kappa shape index (κ1) is 11.4. The number of hydrogen-bond acceptors (Lipinski definition) is 3. The monoisotopic (exact) mass is 212 g/mol. The Hall–Kier alpha value is -0.120. The maximum absolute atomic E-state index is 5.54. The summed E-state index contributed by atoms with van der Waals surface area (Å²) >= 11 is 0. The average Bonchev–Trinajstić information content (AvgIpc) is 2.62. The molecule has 2 N–H and O–H groups in total. The van der Waals surface area contributed by atoms with Crippen molar-refractivity contribution in [1.29, 1.82) is 0 Å². The summed E-state index contributed by atoms with van der Waals surface area (Å²) in [5.74, 6) is 0.811. The van der Waals surface area contributed by atoms with Crippen LogP contribution in [-0.2, 0) is 4.74 Å². The zero-order valence-electron chi connectivity index (χ0n) is 10.0. The van der Waals surface area contributed by atoms with Crippen LogP contribution in [0.3, 0.4) is 0 Å². The van der Waals surface area contributed by atoms with Crippen molar-refractivity contribution in [2.75, 3.05) is 26.3 Å². The second-order valence-electron chi connectivity index (χ2n) is 5.42. The van der Waals surface area contributed by atoms with E-state index < -0.39 is 0 Å². The van der Waals surface area contributed by atoms with E-state index in [-0.39, 0.29) is 5.54 Å². The largest absolute Gasteiger partial charge is 0.380 e. The highest BCUT2D eigenvalue weighted by atomic mass is 16.5. The predicted molar refractivity (Wildman–Crippen MR) is 62.0 cm³/mol. The summed E-state index contributed by atoms with van der Waals surface area (Å²) < 4.78 is 5.54. The smallest absolute Gasteiger partial charge is 0.0645 e. The molecule has 2 heterocycles. The van der Waals surface area contributed by atoms with E-state index in [1.807, 2.05) is 0 Å². The van der Waals surface area contributed by atoms with Gasteiger partial charge in [-0.2, -0.15) is 0 Å². The van der Waals surface area contributed by atoms with Gasteiger partial charge < -0.3 is 15.4 Å². The van der Waals surface area contributed by atoms with Crippen molar-refractivity contribution < 1.29 is 4.74 Å². The van der Waals surface area contributed by atoms with Crippen molar-refractivity contribution in [3.8, 4) is 0 Å². The third kappa shape index (κ3) is 2.92. The van der Waals surface area contributed by atoms with Crippen molar-refractivity contribution in [2.45, 2.75) is 44.7 Å². The van der Waals surface area contributed by atoms with Gasteiger partial charge in [0.15, 0.2) is 0 Å². The van der Waals surface area contributed by atoms with E-state index >= 15 is 0 Å². The fraction of sp³-hybridized carbons (Fsp3) is 1.00. The maximum atomic E-state index is 5.54. The van der Waals surface area contributed by atoms with Crippen LogP contribution < -0.4 is 10.6 Å². The van der Waals surface area contributed by atoms with Crippen LogP contribution >= 0.6 is 0 Å². The van der Waals surface area contributed by atoms with E-state index in [9.17, 15) is 0 Å². The molecule has 0 aromatic rings. The Balaban J connectivity index is 1.76. The van der Waals surface area contributed by atoms with Crippen LogP contribution in [0.1, 0.15) is 33.1 Å². The SMILES string of the molecule is CC1CCNC1CNC1(C)CCCOC1. The van der Waals surface area contributed by atoms with E-state index in [4.69, 9.17) is 4.74 Å². The lowest BCUT2D eigenvalue weighted by atomic mass is 9.93. The average molecular weight is 212 g/mol. The third-order valence-electron chi connectivity index (χ3n) is 3.88. The molecule has 2 aliphatic rings. The summed E-state index contributed by atoms with van der Waals surface area (Å²) in [5.41, 5.74) is 0.211. The molecule has 2 aliphatic heterocycles. The highest BCUT2D eigenvalue weighted by molar-refractivity contribution is 4.90. The van der Waals surface area contributed by atoms with Gasteiger partial charge in [-0.05, 0) is 38.6 Å². The number of ether oxygens (including phenoxy) is 1. The molecule has 0 saturated carbocycles. The van der Waals surface area contributed by atoms with E-state index in [0.717, 1.165) is 25.7 Å². The van der Waals surface area contributed by atoms with Gasteiger partial charge >= 0.3 is 0 Å². The van der Waals surface area contributed by atoms with Gasteiger partial charge in [0.2, 0.25) is 0 Å². The van der Waals surface area contributed by atoms with Crippen molar-refractivity contribution in [2.24, 2.45) is 5.92 Å². The molecule has 3 unspecified atom stereocenters. The molecule has 0 amide bonds. The summed E-state index contributed by atoms with van der Waals surface area (Å²) in [4.78, 5) is 0. The minimum atomic E-state index is 0.211. The first-order chi connectivity index (χ1) is 7.20. The standard InChI is InChI=1S/C12H24N2O/c1-10-4-6-13-11(10)8-14-12(2)5-3-7-15-9-12/h10-11,13-14H,3-9H2,1-2H3. The van der Waals surface area contributed by atoms with E-state index in [1.165, 1.54) is 25.8 Å². The Morgan fingerprint density at radius 1 is 1.53 bits per heavy atom. The molecule has 3 heteroatoms. The summed E-state index contributed by atoms with van der Waals surface area (Å²) in [7, 11) is 0. The minimum Gasteiger partial charge on any atom is -0.380 e. The quantitative estimate of drug-likeness (QED) is 0.736. The summed E-state index contributed by atoms with van der Waals surface area (Å²) in [6, 6.07) is 0.656. The first-order valence-electron chi connectivity index (χ1n) is 6.26. The molecule has 0 spiro atoms. The second-order valence-corrected chi connectivity index (χ2v) is 5.42.